The van der Waals surface area contributed by atoms with E-state index in [1.54, 1.807) is 0 Å². The van der Waals surface area contributed by atoms with Gasteiger partial charge in [-0.05, 0) is 8.55 Å². The van der Waals surface area contributed by atoms with Gasteiger partial charge in [0.2, 0.25) is 0 Å². The summed E-state index contributed by atoms with van der Waals surface area (Å²) >= 11 is 5.85. The van der Waals surface area contributed by atoms with E-state index in [2.05, 4.69) is 0 Å². The van der Waals surface area contributed by atoms with Crippen molar-refractivity contribution in [3.05, 3.63) is 0 Å². The van der Waals surface area contributed by atoms with Crippen LogP contribution in [-0.4, -0.2) is 32.8 Å². The molecule has 1 heterocycles. The summed E-state index contributed by atoms with van der Waals surface area (Å²) in [4.78, 5) is 0. The van der Waals surface area contributed by atoms with Crippen molar-refractivity contribution in [2.45, 2.75) is 0 Å². The summed E-state index contributed by atoms with van der Waals surface area (Å²) in [5.74, 6) is 0. The lowest BCUT2D eigenvalue weighted by Gasteiger charge is -2.11. The van der Waals surface area contributed by atoms with Gasteiger partial charge in [0.1, 0.15) is 7.14 Å². The Bertz CT molecular complexity index is 30.6. The molecule has 0 radical (unpaired) electrons. The first kappa shape index (κ1) is 4.32. The van der Waals surface area contributed by atoms with Gasteiger partial charge in [-0.3, -0.25) is 0 Å². The molecule has 1 saturated heterocycles. The van der Waals surface area contributed by atoms with Gasteiger partial charge in [-0.15, -0.1) is 0 Å². The maximum absolute atomic E-state index is 5.85. The highest BCUT2D eigenvalue weighted by molar-refractivity contribution is 7.90. The van der Waals surface area contributed by atoms with Crippen LogP contribution in [0.15, 0.2) is 0 Å². The van der Waals surface area contributed by atoms with Crippen LogP contribution in [-0.2, 0) is 0 Å². The van der Waals surface area contributed by atoms with Gasteiger partial charge in [-0.2, -0.15) is 11.1 Å². The first-order chi connectivity index (χ1) is 2.39. The fourth-order valence-electron chi connectivity index (χ4n) is 0.358. The van der Waals surface area contributed by atoms with Crippen molar-refractivity contribution in [2.24, 2.45) is 0 Å². The molecular weight excluding hydrogens is 148 g/mol. The normalized spacial score (nSPS) is 51.0. The third kappa shape index (κ3) is 1.00. The molecule has 1 fully saturated rings. The van der Waals surface area contributed by atoms with Crippen LogP contribution in [0.3, 0.4) is 0 Å². The van der Waals surface area contributed by atoms with Crippen molar-refractivity contribution >= 4 is 43.9 Å². The van der Waals surface area contributed by atoms with E-state index < -0.39 is 0 Å². The van der Waals surface area contributed by atoms with Crippen molar-refractivity contribution < 1.29 is 0 Å². The molecule has 0 spiro atoms. The average Bonchev–Trinajstić information content (AvgIpc) is 1.30. The van der Waals surface area contributed by atoms with Crippen molar-refractivity contribution in [3.63, 3.8) is 0 Å². The van der Waals surface area contributed by atoms with Crippen molar-refractivity contribution in [1.29, 1.82) is 0 Å². The fourth-order valence-corrected chi connectivity index (χ4v) is 54.0. The largest absolute Gasteiger partial charge is 0.180 e. The second-order valence-corrected chi connectivity index (χ2v) is 41.3. The Hall–Kier alpha value is 1.16. The maximum Gasteiger partial charge on any atom is 0.104 e. The number of hydrogen-bond donors (Lipinski definition) is 0. The summed E-state index contributed by atoms with van der Waals surface area (Å²) in [5, 5.41) is 0. The molecule has 0 nitrogen and oxygen atoms in total. The van der Waals surface area contributed by atoms with E-state index in [4.69, 9.17) is 11.1 Å². The van der Waals surface area contributed by atoms with Crippen molar-refractivity contribution in [2.75, 3.05) is 0 Å². The second kappa shape index (κ2) is 1.74. The van der Waals surface area contributed by atoms with E-state index in [1.165, 1.54) is 0 Å². The number of hydrogen-bond acceptors (Lipinski definition) is 0. The minimum Gasteiger partial charge on any atom is -0.180 e. The topological polar surface area (TPSA) is 0 Å². The van der Waals surface area contributed by atoms with Crippen LogP contribution in [0.5, 0.6) is 0 Å². The lowest BCUT2D eigenvalue weighted by molar-refractivity contribution is 3.63. The van der Waals surface area contributed by atoms with E-state index in [1.807, 2.05) is 0 Å². The zero-order chi connectivity index (χ0) is 3.70. The number of rotatable bonds is 0. The van der Waals surface area contributed by atoms with Gasteiger partial charge in [0, 0.05) is 17.1 Å². The Kier molecular flexibility index (Phi) is 1.50. The van der Waals surface area contributed by atoms with E-state index in [9.17, 15) is 0 Å². The third-order valence-electron chi connectivity index (χ3n) is 1.03. The maximum atomic E-state index is 5.85. The first-order valence-electron chi connectivity index (χ1n) is 2.03. The highest BCUT2D eigenvalue weighted by atomic mass is 35.6. The van der Waals surface area contributed by atoms with Crippen molar-refractivity contribution in [1.82, 2.24) is 0 Å². The minimum absolute atomic E-state index is 0.157. The molecule has 30 valence electrons. The quantitative estimate of drug-likeness (QED) is 0.263. The molecule has 1 aliphatic rings. The van der Waals surface area contributed by atoms with Gasteiger partial charge < -0.3 is 0 Å². The highest BCUT2D eigenvalue weighted by Crippen LogP contribution is 1.89. The van der Waals surface area contributed by atoms with Crippen LogP contribution in [0.25, 0.3) is 0 Å². The lowest BCUT2D eigenvalue weighted by atomic mass is 26.1. The lowest BCUT2D eigenvalue weighted by Crippen LogP contribution is -2.47. The van der Waals surface area contributed by atoms with Gasteiger partial charge >= 0.3 is 0 Å². The molecule has 0 aromatic carbocycles. The first-order valence-corrected chi connectivity index (χ1v) is 18.3. The molecule has 5 heavy (non-hydrogen) atoms. The van der Waals surface area contributed by atoms with E-state index in [-0.39, 0.29) is 7.14 Å². The molecule has 0 unspecified atom stereocenters. The van der Waals surface area contributed by atoms with Gasteiger partial charge in [0.25, 0.3) is 0 Å². The summed E-state index contributed by atoms with van der Waals surface area (Å²) < 4.78 is 0. The fraction of sp³-hybridized carbons (Fsp3) is 0. The van der Waals surface area contributed by atoms with Crippen LogP contribution in [0, 0.1) is 0 Å². The smallest absolute Gasteiger partial charge is 0.104 e. The molecule has 0 N–H and O–H groups in total. The van der Waals surface area contributed by atoms with Gasteiger partial charge in [0.15, 0.2) is 0 Å². The molecule has 0 aromatic rings. The van der Waals surface area contributed by atoms with Gasteiger partial charge in [0.05, 0.1) is 0 Å². The summed E-state index contributed by atoms with van der Waals surface area (Å²) in [6, 6.07) is 0. The molecular formula is H7ClSi4. The Morgan fingerprint density at radius 1 is 1.40 bits per heavy atom. The molecule has 0 amide bonds. The number of halogens is 1. The van der Waals surface area contributed by atoms with Crippen LogP contribution < -0.4 is 0 Å². The molecule has 1 rings (SSSR count). The molecule has 0 aliphatic carbocycles. The van der Waals surface area contributed by atoms with Crippen LogP contribution in [0.4, 0.5) is 0 Å². The third-order valence-corrected chi connectivity index (χ3v) is 83.8. The Balaban J connectivity index is 2.08. The van der Waals surface area contributed by atoms with E-state index in [0.717, 1.165) is 8.55 Å². The summed E-state index contributed by atoms with van der Waals surface area (Å²) in [6.45, 7) is 0. The molecule has 0 atom stereocenters. The summed E-state index contributed by atoms with van der Waals surface area (Å²) in [5.41, 5.74) is 0. The SMILES string of the molecule is Cl[SiH]1[SiH2][SiH2][SiH2]1. The second-order valence-electron chi connectivity index (χ2n) is 1.53. The Morgan fingerprint density at radius 3 is 1.80 bits per heavy atom. The zero-order valence-electron chi connectivity index (χ0n) is 3.08. The van der Waals surface area contributed by atoms with Gasteiger partial charge in [-0.25, -0.2) is 0 Å². The van der Waals surface area contributed by atoms with Crippen molar-refractivity contribution in [3.8, 4) is 0 Å². The molecule has 0 saturated carbocycles. The summed E-state index contributed by atoms with van der Waals surface area (Å²) in [6.07, 6.45) is 0. The highest BCUT2D eigenvalue weighted by Gasteiger charge is 2.16. The molecule has 0 bridgehead atoms. The van der Waals surface area contributed by atoms with E-state index in [0.29, 0.717) is 17.1 Å². The Morgan fingerprint density at radius 2 is 1.80 bits per heavy atom. The average molecular weight is 155 g/mol. The molecule has 5 heteroatoms. The predicted molar refractivity (Wildman–Crippen MR) is 38.6 cm³/mol. The minimum atomic E-state index is -0.157. The standard InChI is InChI=1S/ClH7Si4/c1-5-3-2-4-5/h5H,2-4H2. The van der Waals surface area contributed by atoms with Gasteiger partial charge in [-0.1, -0.05) is 0 Å². The molecule has 1 aliphatic heterocycles. The monoisotopic (exact) mass is 154 g/mol. The van der Waals surface area contributed by atoms with Crippen LogP contribution in [0.1, 0.15) is 0 Å². The summed E-state index contributed by atoms with van der Waals surface area (Å²) in [7, 11) is 1.88. The zero-order valence-corrected chi connectivity index (χ0v) is 9.23. The predicted octanol–water partition coefficient (Wildman–Crippen LogP) is -2.71. The molecule has 0 aromatic heterocycles. The van der Waals surface area contributed by atoms with Crippen LogP contribution in [0.2, 0.25) is 0 Å². The van der Waals surface area contributed by atoms with E-state index >= 15 is 0 Å². The van der Waals surface area contributed by atoms with Crippen LogP contribution >= 0.6 is 11.1 Å². The Labute approximate surface area is 44.2 Å².